The third-order valence-corrected chi connectivity index (χ3v) is 2.56. The molecular formula is C14H23NO4. The highest BCUT2D eigenvalue weighted by atomic mass is 16.5. The minimum atomic E-state index is 0.508. The lowest BCUT2D eigenvalue weighted by molar-refractivity contribution is 0.0542. The van der Waals surface area contributed by atoms with Gasteiger partial charge in [0.15, 0.2) is 0 Å². The number of benzene rings is 1. The van der Waals surface area contributed by atoms with Gasteiger partial charge >= 0.3 is 0 Å². The van der Waals surface area contributed by atoms with Crippen LogP contribution < -0.4 is 14.8 Å². The van der Waals surface area contributed by atoms with E-state index >= 15 is 0 Å². The first-order valence-corrected chi connectivity index (χ1v) is 6.32. The van der Waals surface area contributed by atoms with Gasteiger partial charge in [-0.3, -0.25) is 0 Å². The number of nitrogens with one attached hydrogen (secondary N) is 1. The molecule has 108 valence electrons. The highest BCUT2D eigenvalue weighted by Gasteiger charge is 2.05. The molecule has 0 aliphatic carbocycles. The fraction of sp³-hybridized carbons (Fsp3) is 0.571. The van der Waals surface area contributed by atoms with Crippen LogP contribution in [0.2, 0.25) is 0 Å². The van der Waals surface area contributed by atoms with Gasteiger partial charge in [-0.15, -0.1) is 0 Å². The summed E-state index contributed by atoms with van der Waals surface area (Å²) in [5.74, 6) is 1.61. The van der Waals surface area contributed by atoms with Gasteiger partial charge in [0, 0.05) is 25.3 Å². The minimum absolute atomic E-state index is 0.508. The van der Waals surface area contributed by atoms with Gasteiger partial charge in [0.1, 0.15) is 18.1 Å². The third kappa shape index (κ3) is 5.92. The van der Waals surface area contributed by atoms with E-state index < -0.39 is 0 Å². The van der Waals surface area contributed by atoms with Crippen molar-refractivity contribution in [2.75, 3.05) is 47.7 Å². The summed E-state index contributed by atoms with van der Waals surface area (Å²) in [4.78, 5) is 0. The van der Waals surface area contributed by atoms with Gasteiger partial charge in [-0.2, -0.15) is 0 Å². The van der Waals surface area contributed by atoms with E-state index in [9.17, 15) is 0 Å². The Balaban J connectivity index is 2.45. The molecular weight excluding hydrogens is 246 g/mol. The van der Waals surface area contributed by atoms with Gasteiger partial charge in [-0.25, -0.2) is 0 Å². The first-order valence-electron chi connectivity index (χ1n) is 6.32. The molecule has 5 nitrogen and oxygen atoms in total. The molecule has 1 aromatic carbocycles. The van der Waals surface area contributed by atoms with Crippen LogP contribution in [0.3, 0.4) is 0 Å². The predicted octanol–water partition coefficient (Wildman–Crippen LogP) is 1.46. The molecule has 1 aromatic rings. The van der Waals surface area contributed by atoms with E-state index in [1.165, 1.54) is 0 Å². The zero-order valence-corrected chi connectivity index (χ0v) is 11.9. The van der Waals surface area contributed by atoms with Crippen LogP contribution in [0.15, 0.2) is 18.2 Å². The second-order valence-electron chi connectivity index (χ2n) is 3.96. The smallest absolute Gasteiger partial charge is 0.127 e. The summed E-state index contributed by atoms with van der Waals surface area (Å²) >= 11 is 0. The largest absolute Gasteiger partial charge is 0.497 e. The van der Waals surface area contributed by atoms with Crippen molar-refractivity contribution in [2.24, 2.45) is 0 Å². The quantitative estimate of drug-likeness (QED) is 0.652. The van der Waals surface area contributed by atoms with Gasteiger partial charge in [0.2, 0.25) is 0 Å². The van der Waals surface area contributed by atoms with Gasteiger partial charge in [0.05, 0.1) is 26.9 Å². The zero-order valence-electron chi connectivity index (χ0n) is 11.9. The Morgan fingerprint density at radius 3 is 2.53 bits per heavy atom. The lowest BCUT2D eigenvalue weighted by Gasteiger charge is -2.13. The van der Waals surface area contributed by atoms with Crippen molar-refractivity contribution in [1.82, 2.24) is 5.32 Å². The monoisotopic (exact) mass is 269 g/mol. The van der Waals surface area contributed by atoms with E-state index in [0.717, 1.165) is 23.6 Å². The highest BCUT2D eigenvalue weighted by molar-refractivity contribution is 5.40. The highest BCUT2D eigenvalue weighted by Crippen LogP contribution is 2.24. The van der Waals surface area contributed by atoms with Crippen LogP contribution in [0.4, 0.5) is 0 Å². The molecule has 0 saturated carbocycles. The molecule has 0 aromatic heterocycles. The molecule has 5 heteroatoms. The second-order valence-corrected chi connectivity index (χ2v) is 3.96. The van der Waals surface area contributed by atoms with Gasteiger partial charge in [0.25, 0.3) is 0 Å². The molecule has 0 spiro atoms. The SMILES string of the molecule is CNCc1ccc(OC)cc1OCCOCCOC. The maximum absolute atomic E-state index is 5.73. The molecule has 0 unspecified atom stereocenters. The van der Waals surface area contributed by atoms with Crippen molar-refractivity contribution < 1.29 is 18.9 Å². The molecule has 19 heavy (non-hydrogen) atoms. The minimum Gasteiger partial charge on any atom is -0.497 e. The summed E-state index contributed by atoms with van der Waals surface area (Å²) in [6, 6.07) is 5.81. The first-order chi connectivity index (χ1) is 9.31. The molecule has 1 N–H and O–H groups in total. The predicted molar refractivity (Wildman–Crippen MR) is 73.9 cm³/mol. The van der Waals surface area contributed by atoms with Crippen LogP contribution in [0, 0.1) is 0 Å². The standard InChI is InChI=1S/C14H23NO4/c1-15-11-12-4-5-13(17-3)10-14(12)19-9-8-18-7-6-16-2/h4-5,10,15H,6-9,11H2,1-3H3. The molecule has 0 aliphatic rings. The van der Waals surface area contributed by atoms with Crippen molar-refractivity contribution in [3.63, 3.8) is 0 Å². The van der Waals surface area contributed by atoms with Gasteiger partial charge < -0.3 is 24.3 Å². The maximum Gasteiger partial charge on any atom is 0.127 e. The average molecular weight is 269 g/mol. The Morgan fingerprint density at radius 1 is 1.05 bits per heavy atom. The molecule has 0 heterocycles. The Labute approximate surface area is 114 Å². The fourth-order valence-corrected chi connectivity index (χ4v) is 1.59. The molecule has 0 aliphatic heterocycles. The molecule has 0 fully saturated rings. The Bertz CT molecular complexity index is 357. The second kappa shape index (κ2) is 9.61. The van der Waals surface area contributed by atoms with E-state index in [1.54, 1.807) is 14.2 Å². The van der Waals surface area contributed by atoms with E-state index in [2.05, 4.69) is 5.32 Å². The topological polar surface area (TPSA) is 49.0 Å². The van der Waals surface area contributed by atoms with Crippen LogP contribution >= 0.6 is 0 Å². The normalized spacial score (nSPS) is 10.5. The molecule has 0 radical (unpaired) electrons. The van der Waals surface area contributed by atoms with Crippen LogP contribution in [0.25, 0.3) is 0 Å². The van der Waals surface area contributed by atoms with Crippen LogP contribution in [0.5, 0.6) is 11.5 Å². The molecule has 1 rings (SSSR count). The first kappa shape index (κ1) is 15.8. The summed E-state index contributed by atoms with van der Waals surface area (Å²) in [7, 11) is 5.20. The summed E-state index contributed by atoms with van der Waals surface area (Å²) in [6.45, 7) is 2.99. The number of ether oxygens (including phenoxy) is 4. The summed E-state index contributed by atoms with van der Waals surface area (Å²) < 4.78 is 21.2. The van der Waals surface area contributed by atoms with Crippen molar-refractivity contribution in [3.05, 3.63) is 23.8 Å². The summed E-state index contributed by atoms with van der Waals surface area (Å²) in [5, 5.41) is 3.11. The molecule has 0 amide bonds. The summed E-state index contributed by atoms with van der Waals surface area (Å²) in [6.07, 6.45) is 0. The number of hydrogen-bond acceptors (Lipinski definition) is 5. The van der Waals surface area contributed by atoms with E-state index in [1.807, 2.05) is 25.2 Å². The zero-order chi connectivity index (χ0) is 13.9. The van der Waals surface area contributed by atoms with E-state index in [4.69, 9.17) is 18.9 Å². The van der Waals surface area contributed by atoms with Crippen LogP contribution in [0.1, 0.15) is 5.56 Å². The number of hydrogen-bond donors (Lipinski definition) is 1. The van der Waals surface area contributed by atoms with E-state index in [-0.39, 0.29) is 0 Å². The number of methoxy groups -OCH3 is 2. The van der Waals surface area contributed by atoms with Crippen LogP contribution in [-0.2, 0) is 16.0 Å². The fourth-order valence-electron chi connectivity index (χ4n) is 1.59. The van der Waals surface area contributed by atoms with E-state index in [0.29, 0.717) is 26.4 Å². The Morgan fingerprint density at radius 2 is 1.84 bits per heavy atom. The third-order valence-electron chi connectivity index (χ3n) is 2.56. The lowest BCUT2D eigenvalue weighted by atomic mass is 10.2. The van der Waals surface area contributed by atoms with Crippen molar-refractivity contribution in [3.8, 4) is 11.5 Å². The maximum atomic E-state index is 5.73. The van der Waals surface area contributed by atoms with Crippen molar-refractivity contribution in [1.29, 1.82) is 0 Å². The molecule has 0 atom stereocenters. The summed E-state index contributed by atoms with van der Waals surface area (Å²) in [5.41, 5.74) is 1.10. The van der Waals surface area contributed by atoms with Crippen LogP contribution in [-0.4, -0.2) is 47.7 Å². The Hall–Kier alpha value is -1.30. The lowest BCUT2D eigenvalue weighted by Crippen LogP contribution is -2.12. The van der Waals surface area contributed by atoms with Gasteiger partial charge in [-0.1, -0.05) is 6.07 Å². The number of rotatable bonds is 10. The van der Waals surface area contributed by atoms with Crippen molar-refractivity contribution >= 4 is 0 Å². The Kier molecular flexibility index (Phi) is 7.97. The van der Waals surface area contributed by atoms with Crippen molar-refractivity contribution in [2.45, 2.75) is 6.54 Å². The molecule has 0 saturated heterocycles. The van der Waals surface area contributed by atoms with Gasteiger partial charge in [-0.05, 0) is 13.1 Å². The average Bonchev–Trinajstić information content (AvgIpc) is 2.44. The molecule has 0 bridgehead atoms.